The monoisotopic (exact) mass is 279 g/mol. The molecule has 20 heavy (non-hydrogen) atoms. The molecule has 0 radical (unpaired) electrons. The van der Waals surface area contributed by atoms with E-state index in [9.17, 15) is 14.3 Å². The van der Waals surface area contributed by atoms with Gasteiger partial charge in [-0.1, -0.05) is 13.8 Å². The molecule has 2 aromatic rings. The second-order valence-electron chi connectivity index (χ2n) is 4.32. The maximum atomic E-state index is 12.9. The summed E-state index contributed by atoms with van der Waals surface area (Å²) in [6.07, 6.45) is 1.67. The van der Waals surface area contributed by atoms with Crippen LogP contribution in [0.5, 0.6) is 0 Å². The minimum absolute atomic E-state index is 0.205. The molecule has 0 saturated carbocycles. The molecule has 2 heterocycles. The first-order valence-corrected chi connectivity index (χ1v) is 6.19. The van der Waals surface area contributed by atoms with Crippen molar-refractivity contribution in [3.8, 4) is 11.5 Å². The Morgan fingerprint density at radius 1 is 1.40 bits per heavy atom. The first-order chi connectivity index (χ1) is 9.55. The molecule has 0 fully saturated rings. The Morgan fingerprint density at radius 2 is 2.10 bits per heavy atom. The molecule has 0 aromatic carbocycles. The Labute approximate surface area is 114 Å². The lowest BCUT2D eigenvalue weighted by Gasteiger charge is -2.27. The average molecular weight is 279 g/mol. The number of aromatic nitrogens is 5. The molecule has 0 unspecified atom stereocenters. The summed E-state index contributed by atoms with van der Waals surface area (Å²) in [5, 5.41) is 20.7. The van der Waals surface area contributed by atoms with Gasteiger partial charge >= 0.3 is 5.97 Å². The smallest absolute Gasteiger partial charge is 0.331 e. The molecule has 0 spiro atoms. The highest BCUT2D eigenvalue weighted by molar-refractivity contribution is 5.77. The van der Waals surface area contributed by atoms with Crippen LogP contribution >= 0.6 is 0 Å². The molecule has 2 aromatic heterocycles. The van der Waals surface area contributed by atoms with Crippen molar-refractivity contribution in [2.24, 2.45) is 0 Å². The molecule has 0 saturated heterocycles. The summed E-state index contributed by atoms with van der Waals surface area (Å²) in [5.41, 5.74) is -0.918. The fourth-order valence-corrected chi connectivity index (χ4v) is 2.09. The van der Waals surface area contributed by atoms with Crippen LogP contribution in [0.15, 0.2) is 18.3 Å². The summed E-state index contributed by atoms with van der Waals surface area (Å²) < 4.78 is 14.2. The Kier molecular flexibility index (Phi) is 3.73. The molecule has 0 aliphatic carbocycles. The summed E-state index contributed by atoms with van der Waals surface area (Å²) in [4.78, 5) is 15.5. The Bertz CT molecular complexity index is 607. The van der Waals surface area contributed by atoms with Gasteiger partial charge in [-0.3, -0.25) is 0 Å². The number of carboxylic acids is 1. The summed E-state index contributed by atoms with van der Waals surface area (Å²) >= 11 is 0. The third-order valence-corrected chi connectivity index (χ3v) is 3.40. The summed E-state index contributed by atoms with van der Waals surface area (Å²) in [7, 11) is 0. The lowest BCUT2D eigenvalue weighted by atomic mass is 9.93. The Hall–Kier alpha value is -2.38. The number of carboxylic acid groups (broad SMARTS) is 1. The van der Waals surface area contributed by atoms with Crippen molar-refractivity contribution in [3.63, 3.8) is 0 Å². The zero-order valence-electron chi connectivity index (χ0n) is 11.1. The van der Waals surface area contributed by atoms with Gasteiger partial charge in [-0.2, -0.15) is 0 Å². The van der Waals surface area contributed by atoms with Gasteiger partial charge < -0.3 is 5.11 Å². The van der Waals surface area contributed by atoms with E-state index in [0.29, 0.717) is 18.5 Å². The zero-order chi connectivity index (χ0) is 14.8. The predicted molar refractivity (Wildman–Crippen MR) is 67.2 cm³/mol. The second kappa shape index (κ2) is 5.32. The number of rotatable bonds is 5. The average Bonchev–Trinajstić information content (AvgIpc) is 2.91. The normalized spacial score (nSPS) is 11.6. The van der Waals surface area contributed by atoms with Crippen molar-refractivity contribution in [2.75, 3.05) is 0 Å². The van der Waals surface area contributed by atoms with Crippen LogP contribution in [0, 0.1) is 5.82 Å². The standard InChI is InChI=1S/C12H14FN5O2/c1-3-12(4-2,11(19)20)18-10(15-16-17-18)9-6-5-8(13)7-14-9/h5-7H,3-4H2,1-2H3,(H,19,20). The minimum atomic E-state index is -1.24. The molecular formula is C12H14FN5O2. The molecule has 1 N–H and O–H groups in total. The predicted octanol–water partition coefficient (Wildman–Crippen LogP) is 1.47. The maximum absolute atomic E-state index is 12.9. The molecule has 0 bridgehead atoms. The van der Waals surface area contributed by atoms with Crippen LogP contribution in [0.3, 0.4) is 0 Å². The van der Waals surface area contributed by atoms with Crippen LogP contribution in [0.2, 0.25) is 0 Å². The van der Waals surface area contributed by atoms with E-state index in [1.54, 1.807) is 13.8 Å². The van der Waals surface area contributed by atoms with Crippen molar-refractivity contribution in [2.45, 2.75) is 32.2 Å². The van der Waals surface area contributed by atoms with Gasteiger partial charge in [0.1, 0.15) is 11.5 Å². The summed E-state index contributed by atoms with van der Waals surface area (Å²) in [6.45, 7) is 3.50. The topological polar surface area (TPSA) is 93.8 Å². The van der Waals surface area contributed by atoms with E-state index in [-0.39, 0.29) is 5.82 Å². The molecule has 7 nitrogen and oxygen atoms in total. The van der Waals surface area contributed by atoms with Gasteiger partial charge in [0.05, 0.1) is 6.20 Å². The van der Waals surface area contributed by atoms with Gasteiger partial charge in [0.15, 0.2) is 5.54 Å². The number of pyridine rings is 1. The number of hydrogen-bond donors (Lipinski definition) is 1. The first-order valence-electron chi connectivity index (χ1n) is 6.19. The quantitative estimate of drug-likeness (QED) is 0.890. The Balaban J connectivity index is 2.57. The third kappa shape index (κ3) is 2.13. The van der Waals surface area contributed by atoms with Crippen LogP contribution in [0.4, 0.5) is 4.39 Å². The van der Waals surface area contributed by atoms with Crippen LogP contribution in [-0.2, 0) is 10.3 Å². The largest absolute Gasteiger partial charge is 0.479 e. The van der Waals surface area contributed by atoms with E-state index in [2.05, 4.69) is 20.5 Å². The lowest BCUT2D eigenvalue weighted by molar-refractivity contribution is -0.148. The number of carbonyl (C=O) groups is 1. The molecule has 0 aliphatic heterocycles. The van der Waals surface area contributed by atoms with Crippen LogP contribution in [0.1, 0.15) is 26.7 Å². The van der Waals surface area contributed by atoms with E-state index < -0.39 is 17.3 Å². The number of hydrogen-bond acceptors (Lipinski definition) is 5. The van der Waals surface area contributed by atoms with Crippen molar-refractivity contribution in [1.29, 1.82) is 0 Å². The SMILES string of the molecule is CCC(CC)(C(=O)O)n1nnnc1-c1ccc(F)cn1. The molecule has 0 amide bonds. The van der Waals surface area contributed by atoms with Gasteiger partial charge in [-0.15, -0.1) is 5.10 Å². The fourth-order valence-electron chi connectivity index (χ4n) is 2.09. The Morgan fingerprint density at radius 3 is 2.60 bits per heavy atom. The highest BCUT2D eigenvalue weighted by Crippen LogP contribution is 2.28. The van der Waals surface area contributed by atoms with Gasteiger partial charge in [-0.25, -0.2) is 18.9 Å². The highest BCUT2D eigenvalue weighted by atomic mass is 19.1. The van der Waals surface area contributed by atoms with E-state index in [1.165, 1.54) is 16.8 Å². The molecule has 0 aliphatic rings. The highest BCUT2D eigenvalue weighted by Gasteiger charge is 2.40. The summed E-state index contributed by atoms with van der Waals surface area (Å²) in [6, 6.07) is 2.64. The second-order valence-corrected chi connectivity index (χ2v) is 4.32. The van der Waals surface area contributed by atoms with E-state index in [4.69, 9.17) is 0 Å². The minimum Gasteiger partial charge on any atom is -0.479 e. The number of halogens is 1. The molecule has 8 heteroatoms. The molecule has 106 valence electrons. The molecular weight excluding hydrogens is 265 g/mol. The van der Waals surface area contributed by atoms with Crippen LogP contribution < -0.4 is 0 Å². The van der Waals surface area contributed by atoms with E-state index >= 15 is 0 Å². The van der Waals surface area contributed by atoms with Crippen molar-refractivity contribution < 1.29 is 14.3 Å². The fraction of sp³-hybridized carbons (Fsp3) is 0.417. The van der Waals surface area contributed by atoms with Gasteiger partial charge in [-0.05, 0) is 35.4 Å². The summed E-state index contributed by atoms with van der Waals surface area (Å²) in [5.74, 6) is -1.29. The number of tetrazole rings is 1. The van der Waals surface area contributed by atoms with Crippen LogP contribution in [0.25, 0.3) is 11.5 Å². The maximum Gasteiger partial charge on any atom is 0.331 e. The first kappa shape index (κ1) is 14.0. The number of nitrogens with zero attached hydrogens (tertiary/aromatic N) is 5. The van der Waals surface area contributed by atoms with Gasteiger partial charge in [0.25, 0.3) is 0 Å². The van der Waals surface area contributed by atoms with Crippen molar-refractivity contribution in [1.82, 2.24) is 25.2 Å². The van der Waals surface area contributed by atoms with Crippen molar-refractivity contribution in [3.05, 3.63) is 24.1 Å². The third-order valence-electron chi connectivity index (χ3n) is 3.40. The van der Waals surface area contributed by atoms with Crippen molar-refractivity contribution >= 4 is 5.97 Å². The van der Waals surface area contributed by atoms with E-state index in [0.717, 1.165) is 6.20 Å². The lowest BCUT2D eigenvalue weighted by Crippen LogP contribution is -2.42. The molecule has 0 atom stereocenters. The van der Waals surface area contributed by atoms with Gasteiger partial charge in [0, 0.05) is 0 Å². The molecule has 2 rings (SSSR count). The number of aliphatic carboxylic acids is 1. The van der Waals surface area contributed by atoms with E-state index in [1.807, 2.05) is 0 Å². The van der Waals surface area contributed by atoms with Gasteiger partial charge in [0.2, 0.25) is 5.82 Å². The zero-order valence-corrected chi connectivity index (χ0v) is 11.1. The van der Waals surface area contributed by atoms with Crippen LogP contribution in [-0.4, -0.2) is 36.3 Å².